The summed E-state index contributed by atoms with van der Waals surface area (Å²) in [6, 6.07) is 81.2. The van der Waals surface area contributed by atoms with E-state index in [-0.39, 0.29) is 0 Å². The van der Waals surface area contributed by atoms with Crippen molar-refractivity contribution < 1.29 is 4.42 Å². The fourth-order valence-corrected chi connectivity index (χ4v) is 9.19. The summed E-state index contributed by atoms with van der Waals surface area (Å²) in [5, 5.41) is 2.27. The van der Waals surface area contributed by atoms with E-state index in [1.165, 1.54) is 44.5 Å². The molecule has 57 heavy (non-hydrogen) atoms. The van der Waals surface area contributed by atoms with Crippen molar-refractivity contribution in [3.63, 3.8) is 0 Å². The average Bonchev–Trinajstić information content (AvgIpc) is 3.81. The Hall–Kier alpha value is -7.42. The molecule has 0 saturated carbocycles. The van der Waals surface area contributed by atoms with E-state index in [1.54, 1.807) is 0 Å². The number of furan rings is 1. The van der Waals surface area contributed by atoms with Gasteiger partial charge < -0.3 is 9.32 Å². The molecule has 0 bridgehead atoms. The van der Waals surface area contributed by atoms with Crippen LogP contribution in [0.5, 0.6) is 0 Å². The molecule has 0 unspecified atom stereocenters. The second-order valence-electron chi connectivity index (χ2n) is 14.9. The van der Waals surface area contributed by atoms with E-state index in [2.05, 4.69) is 217 Å². The minimum absolute atomic E-state index is 0.414. The zero-order valence-corrected chi connectivity index (χ0v) is 31.2. The van der Waals surface area contributed by atoms with Crippen molar-refractivity contribution in [2.75, 3.05) is 4.90 Å². The molecule has 0 fully saturated rings. The first kappa shape index (κ1) is 33.0. The molecule has 0 aliphatic heterocycles. The molecule has 0 atom stereocenters. The Bertz CT molecular complexity index is 3020. The molecule has 0 radical (unpaired) electrons. The molecule has 268 valence electrons. The number of rotatable bonds is 7. The lowest BCUT2D eigenvalue weighted by molar-refractivity contribution is 0.669. The largest absolute Gasteiger partial charge is 0.456 e. The number of benzene rings is 9. The summed E-state index contributed by atoms with van der Waals surface area (Å²) in [5.41, 5.74) is 17.1. The minimum atomic E-state index is -0.414. The summed E-state index contributed by atoms with van der Waals surface area (Å²) in [6.45, 7) is 0. The zero-order valence-electron chi connectivity index (χ0n) is 31.2. The normalized spacial score (nSPS) is 12.7. The van der Waals surface area contributed by atoms with Gasteiger partial charge in [-0.15, -0.1) is 0 Å². The standard InChI is InChI=1S/C55H37NO/c1-4-16-42(17-5-1)55(43-18-6-2-7-19-43)51-25-12-10-23-47(51)49-36-41(29-33-52(49)55)39-15-14-22-46(35-39)56(44-20-8-3-9-21-44)45-31-27-38(28-32-45)40-30-34-54-50(37-40)48-24-11-13-26-53(48)57-54/h1-37H. The summed E-state index contributed by atoms with van der Waals surface area (Å²) in [6.07, 6.45) is 0. The SMILES string of the molecule is c1ccc(N(c2ccc(-c3ccc4oc5ccccc5c4c3)cc2)c2cccc(-c3ccc4c(c3)-c3ccccc3C4(c3ccccc3)c3ccccc3)c2)cc1. The summed E-state index contributed by atoms with van der Waals surface area (Å²) in [4.78, 5) is 2.35. The summed E-state index contributed by atoms with van der Waals surface area (Å²) >= 11 is 0. The summed E-state index contributed by atoms with van der Waals surface area (Å²) in [7, 11) is 0. The van der Waals surface area contributed by atoms with Crippen molar-refractivity contribution in [2.45, 2.75) is 5.41 Å². The van der Waals surface area contributed by atoms with Crippen LogP contribution in [0.4, 0.5) is 17.1 Å². The highest BCUT2D eigenvalue weighted by Gasteiger charge is 2.45. The van der Waals surface area contributed by atoms with Gasteiger partial charge in [0, 0.05) is 27.8 Å². The van der Waals surface area contributed by atoms with E-state index in [0.717, 1.165) is 50.1 Å². The van der Waals surface area contributed by atoms with Gasteiger partial charge in [-0.25, -0.2) is 0 Å². The fourth-order valence-electron chi connectivity index (χ4n) is 9.19. The average molecular weight is 728 g/mol. The number of fused-ring (bicyclic) bond motifs is 6. The van der Waals surface area contributed by atoms with Gasteiger partial charge in [-0.2, -0.15) is 0 Å². The van der Waals surface area contributed by atoms with Crippen molar-refractivity contribution in [2.24, 2.45) is 0 Å². The van der Waals surface area contributed by atoms with Gasteiger partial charge in [0.15, 0.2) is 0 Å². The van der Waals surface area contributed by atoms with Crippen LogP contribution in [0.15, 0.2) is 229 Å². The molecular weight excluding hydrogens is 691 g/mol. The minimum Gasteiger partial charge on any atom is -0.456 e. The Morgan fingerprint density at radius 1 is 0.316 bits per heavy atom. The van der Waals surface area contributed by atoms with Crippen molar-refractivity contribution >= 4 is 39.0 Å². The topological polar surface area (TPSA) is 16.4 Å². The van der Waals surface area contributed by atoms with Gasteiger partial charge in [0.25, 0.3) is 0 Å². The van der Waals surface area contributed by atoms with Gasteiger partial charge in [0.1, 0.15) is 11.2 Å². The molecule has 0 amide bonds. The van der Waals surface area contributed by atoms with Gasteiger partial charge >= 0.3 is 0 Å². The second kappa shape index (κ2) is 13.4. The first-order valence-electron chi connectivity index (χ1n) is 19.6. The van der Waals surface area contributed by atoms with Crippen molar-refractivity contribution in [3.05, 3.63) is 247 Å². The third kappa shape index (κ3) is 5.33. The molecule has 1 heterocycles. The van der Waals surface area contributed by atoms with Crippen LogP contribution in [0.25, 0.3) is 55.3 Å². The van der Waals surface area contributed by atoms with Crippen LogP contribution in [-0.2, 0) is 5.41 Å². The van der Waals surface area contributed by atoms with Crippen LogP contribution >= 0.6 is 0 Å². The van der Waals surface area contributed by atoms with E-state index in [4.69, 9.17) is 4.42 Å². The lowest BCUT2D eigenvalue weighted by Crippen LogP contribution is -2.28. The number of hydrogen-bond acceptors (Lipinski definition) is 2. The van der Waals surface area contributed by atoms with Gasteiger partial charge in [0.2, 0.25) is 0 Å². The van der Waals surface area contributed by atoms with Gasteiger partial charge in [-0.3, -0.25) is 0 Å². The Morgan fingerprint density at radius 2 is 0.860 bits per heavy atom. The highest BCUT2D eigenvalue weighted by Crippen LogP contribution is 2.56. The molecule has 0 spiro atoms. The van der Waals surface area contributed by atoms with Crippen molar-refractivity contribution in [3.8, 4) is 33.4 Å². The van der Waals surface area contributed by atoms with Crippen LogP contribution in [0.1, 0.15) is 22.3 Å². The smallest absolute Gasteiger partial charge is 0.135 e. The van der Waals surface area contributed by atoms with E-state index in [0.29, 0.717) is 0 Å². The molecule has 2 heteroatoms. The maximum Gasteiger partial charge on any atom is 0.135 e. The Balaban J connectivity index is 1.00. The first-order chi connectivity index (χ1) is 28.3. The second-order valence-corrected chi connectivity index (χ2v) is 14.9. The number of para-hydroxylation sites is 2. The Kier molecular flexibility index (Phi) is 7.75. The van der Waals surface area contributed by atoms with Crippen LogP contribution in [-0.4, -0.2) is 0 Å². The number of anilines is 3. The molecule has 0 N–H and O–H groups in total. The van der Waals surface area contributed by atoms with Crippen LogP contribution in [0.3, 0.4) is 0 Å². The van der Waals surface area contributed by atoms with E-state index in [9.17, 15) is 0 Å². The molecule has 9 aromatic carbocycles. The molecule has 1 aromatic heterocycles. The molecule has 11 rings (SSSR count). The summed E-state index contributed by atoms with van der Waals surface area (Å²) < 4.78 is 6.11. The van der Waals surface area contributed by atoms with Crippen LogP contribution in [0, 0.1) is 0 Å². The van der Waals surface area contributed by atoms with E-state index in [1.807, 2.05) is 12.1 Å². The fraction of sp³-hybridized carbons (Fsp3) is 0.0182. The third-order valence-corrected chi connectivity index (χ3v) is 11.7. The number of hydrogen-bond donors (Lipinski definition) is 0. The first-order valence-corrected chi connectivity index (χ1v) is 19.6. The molecular formula is C55H37NO. The van der Waals surface area contributed by atoms with Gasteiger partial charge in [0.05, 0.1) is 5.41 Å². The van der Waals surface area contributed by atoms with Gasteiger partial charge in [-0.1, -0.05) is 164 Å². The number of nitrogens with zero attached hydrogens (tertiary/aromatic N) is 1. The maximum absolute atomic E-state index is 6.11. The lowest BCUT2D eigenvalue weighted by Gasteiger charge is -2.33. The van der Waals surface area contributed by atoms with Crippen LogP contribution in [0.2, 0.25) is 0 Å². The quantitative estimate of drug-likeness (QED) is 0.163. The molecule has 0 saturated heterocycles. The molecule has 1 aliphatic rings. The van der Waals surface area contributed by atoms with Crippen molar-refractivity contribution in [1.29, 1.82) is 0 Å². The van der Waals surface area contributed by atoms with Crippen LogP contribution < -0.4 is 4.90 Å². The van der Waals surface area contributed by atoms with Gasteiger partial charge in [-0.05, 0) is 116 Å². The lowest BCUT2D eigenvalue weighted by atomic mass is 9.67. The van der Waals surface area contributed by atoms with Crippen molar-refractivity contribution in [1.82, 2.24) is 0 Å². The van der Waals surface area contributed by atoms with E-state index < -0.39 is 5.41 Å². The Morgan fingerprint density at radius 3 is 1.63 bits per heavy atom. The maximum atomic E-state index is 6.11. The predicted molar refractivity (Wildman–Crippen MR) is 237 cm³/mol. The van der Waals surface area contributed by atoms with E-state index >= 15 is 0 Å². The summed E-state index contributed by atoms with van der Waals surface area (Å²) in [5.74, 6) is 0. The molecule has 10 aromatic rings. The molecule has 1 aliphatic carbocycles. The predicted octanol–water partition coefficient (Wildman–Crippen LogP) is 14.8. The Labute approximate surface area is 332 Å². The third-order valence-electron chi connectivity index (χ3n) is 11.7. The molecule has 2 nitrogen and oxygen atoms in total. The monoisotopic (exact) mass is 727 g/mol. The zero-order chi connectivity index (χ0) is 37.8. The highest BCUT2D eigenvalue weighted by molar-refractivity contribution is 6.06. The highest BCUT2D eigenvalue weighted by atomic mass is 16.3.